The van der Waals surface area contributed by atoms with Crippen LogP contribution < -0.4 is 9.64 Å². The highest BCUT2D eigenvalue weighted by Crippen LogP contribution is 2.35. The summed E-state index contributed by atoms with van der Waals surface area (Å²) in [5, 5.41) is 19.3. The largest absolute Gasteiger partial charge is 0.507 e. The van der Waals surface area contributed by atoms with Gasteiger partial charge in [-0.2, -0.15) is 0 Å². The van der Waals surface area contributed by atoms with E-state index < -0.39 is 5.82 Å². The Morgan fingerprint density at radius 3 is 2.33 bits per heavy atom. The summed E-state index contributed by atoms with van der Waals surface area (Å²) in [6.45, 7) is 4.62. The van der Waals surface area contributed by atoms with E-state index in [1.165, 1.54) is 44.5 Å². The maximum absolute atomic E-state index is 14.9. The van der Waals surface area contributed by atoms with Gasteiger partial charge >= 0.3 is 0 Å². The lowest BCUT2D eigenvalue weighted by molar-refractivity contribution is 0.397. The van der Waals surface area contributed by atoms with Crippen molar-refractivity contribution in [3.05, 3.63) is 42.5 Å². The lowest BCUT2D eigenvalue weighted by Gasteiger charge is -2.30. The van der Waals surface area contributed by atoms with Gasteiger partial charge in [0, 0.05) is 30.3 Å². The molecule has 3 aromatic rings. The van der Waals surface area contributed by atoms with Crippen molar-refractivity contribution in [2.45, 2.75) is 45.6 Å². The number of aromatic nitrogens is 4. The molecule has 0 spiro atoms. The van der Waals surface area contributed by atoms with E-state index in [1.807, 2.05) is 6.07 Å². The van der Waals surface area contributed by atoms with Gasteiger partial charge in [0.05, 0.1) is 18.5 Å². The van der Waals surface area contributed by atoms with Gasteiger partial charge < -0.3 is 14.7 Å². The van der Waals surface area contributed by atoms with Gasteiger partial charge in [-0.15, -0.1) is 10.2 Å². The summed E-state index contributed by atoms with van der Waals surface area (Å²) in [7, 11) is 3.53. The molecule has 7 nitrogen and oxygen atoms in total. The van der Waals surface area contributed by atoms with Gasteiger partial charge in [0.2, 0.25) is 5.88 Å². The standard InChI is InChI=1S/C25H30FN5O2/c1-15-5-6-16(2)10-17(9-15)31(3)24-8-7-21(29-30-24)19-11-20(26)18(12-23(19)32)22-13-25(33-4)28-14-27-22/h7-8,11-17,32H,5-6,9-10H2,1-4H3/t15-,16+,17?. The summed E-state index contributed by atoms with van der Waals surface area (Å²) < 4.78 is 20.0. The molecule has 0 bridgehead atoms. The van der Waals surface area contributed by atoms with Crippen LogP contribution in [-0.2, 0) is 0 Å². The number of benzene rings is 1. The monoisotopic (exact) mass is 451 g/mol. The minimum absolute atomic E-state index is 0.106. The zero-order chi connectivity index (χ0) is 23.5. The van der Waals surface area contributed by atoms with Crippen molar-refractivity contribution in [1.29, 1.82) is 0 Å². The van der Waals surface area contributed by atoms with Crippen molar-refractivity contribution < 1.29 is 14.2 Å². The number of aromatic hydroxyl groups is 1. The molecule has 3 atom stereocenters. The van der Waals surface area contributed by atoms with E-state index in [1.54, 1.807) is 6.07 Å². The quantitative estimate of drug-likeness (QED) is 0.540. The predicted molar refractivity (Wildman–Crippen MR) is 126 cm³/mol. The first-order valence-electron chi connectivity index (χ1n) is 11.3. The zero-order valence-corrected chi connectivity index (χ0v) is 19.5. The van der Waals surface area contributed by atoms with Crippen molar-refractivity contribution in [3.8, 4) is 34.1 Å². The van der Waals surface area contributed by atoms with E-state index in [2.05, 4.69) is 46.0 Å². The number of nitrogens with zero attached hydrogens (tertiary/aromatic N) is 5. The number of rotatable bonds is 5. The number of ether oxygens (including phenoxy) is 1. The number of hydrogen-bond donors (Lipinski definition) is 1. The van der Waals surface area contributed by atoms with Crippen LogP contribution in [0.25, 0.3) is 22.5 Å². The van der Waals surface area contributed by atoms with Gasteiger partial charge in [-0.1, -0.05) is 26.7 Å². The highest BCUT2D eigenvalue weighted by molar-refractivity contribution is 5.73. The molecule has 1 N–H and O–H groups in total. The van der Waals surface area contributed by atoms with Crippen LogP contribution in [0.2, 0.25) is 0 Å². The maximum Gasteiger partial charge on any atom is 0.216 e. The second-order valence-electron chi connectivity index (χ2n) is 9.10. The van der Waals surface area contributed by atoms with E-state index >= 15 is 0 Å². The second kappa shape index (κ2) is 9.68. The van der Waals surface area contributed by atoms with E-state index in [4.69, 9.17) is 4.74 Å². The van der Waals surface area contributed by atoms with Crippen LogP contribution in [0, 0.1) is 17.7 Å². The number of phenolic OH excluding ortho intramolecular Hbond substituents is 1. The third kappa shape index (κ3) is 5.05. The van der Waals surface area contributed by atoms with E-state index in [0.29, 0.717) is 35.1 Å². The molecule has 4 rings (SSSR count). The van der Waals surface area contributed by atoms with Crippen molar-refractivity contribution in [1.82, 2.24) is 20.2 Å². The van der Waals surface area contributed by atoms with Gasteiger partial charge in [0.1, 0.15) is 17.9 Å². The Balaban J connectivity index is 1.58. The fraction of sp³-hybridized carbons (Fsp3) is 0.440. The molecule has 1 saturated carbocycles. The van der Waals surface area contributed by atoms with Gasteiger partial charge in [-0.25, -0.2) is 14.4 Å². The van der Waals surface area contributed by atoms with Crippen LogP contribution >= 0.6 is 0 Å². The molecule has 174 valence electrons. The van der Waals surface area contributed by atoms with E-state index in [9.17, 15) is 9.50 Å². The molecule has 2 aromatic heterocycles. The van der Waals surface area contributed by atoms with Gasteiger partial charge in [0.25, 0.3) is 0 Å². The highest BCUT2D eigenvalue weighted by Gasteiger charge is 2.25. The first kappa shape index (κ1) is 22.9. The average Bonchev–Trinajstić information content (AvgIpc) is 3.00. The van der Waals surface area contributed by atoms with E-state index in [0.717, 1.165) is 18.7 Å². The molecular weight excluding hydrogens is 421 g/mol. The summed E-state index contributed by atoms with van der Waals surface area (Å²) in [5.41, 5.74) is 1.14. The average molecular weight is 452 g/mol. The SMILES string of the molecule is COc1cc(-c2cc(O)c(-c3ccc(N(C)C4C[C@H](C)CC[C@H](C)C4)nn3)cc2F)ncn1. The molecular formula is C25H30FN5O2. The number of methoxy groups -OCH3 is 1. The Labute approximate surface area is 193 Å². The van der Waals surface area contributed by atoms with Crippen molar-refractivity contribution in [2.24, 2.45) is 11.8 Å². The highest BCUT2D eigenvalue weighted by atomic mass is 19.1. The number of hydrogen-bond acceptors (Lipinski definition) is 7. The molecule has 1 fully saturated rings. The molecule has 1 aliphatic carbocycles. The van der Waals surface area contributed by atoms with Gasteiger partial charge in [-0.3, -0.25) is 0 Å². The third-order valence-corrected chi connectivity index (χ3v) is 6.55. The maximum atomic E-state index is 14.9. The van der Waals surface area contributed by atoms with Crippen molar-refractivity contribution in [2.75, 3.05) is 19.1 Å². The second-order valence-corrected chi connectivity index (χ2v) is 9.10. The van der Waals surface area contributed by atoms with Crippen LogP contribution in [0.15, 0.2) is 36.7 Å². The topological polar surface area (TPSA) is 84.3 Å². The Hall–Kier alpha value is -3.29. The Kier molecular flexibility index (Phi) is 6.72. The van der Waals surface area contributed by atoms with Crippen LogP contribution in [0.3, 0.4) is 0 Å². The van der Waals surface area contributed by atoms with Crippen LogP contribution in [0.1, 0.15) is 39.5 Å². The molecule has 1 aromatic carbocycles. The Morgan fingerprint density at radius 2 is 1.70 bits per heavy atom. The van der Waals surface area contributed by atoms with Gasteiger partial charge in [-0.05, 0) is 48.9 Å². The lowest BCUT2D eigenvalue weighted by Crippen LogP contribution is -2.34. The minimum Gasteiger partial charge on any atom is -0.507 e. The van der Waals surface area contributed by atoms with Crippen LogP contribution in [0.5, 0.6) is 11.6 Å². The van der Waals surface area contributed by atoms with Crippen molar-refractivity contribution in [3.63, 3.8) is 0 Å². The van der Waals surface area contributed by atoms with Crippen LogP contribution in [0.4, 0.5) is 10.2 Å². The molecule has 1 aliphatic rings. The smallest absolute Gasteiger partial charge is 0.216 e. The molecule has 0 radical (unpaired) electrons. The summed E-state index contributed by atoms with van der Waals surface area (Å²) in [6.07, 6.45) is 6.07. The Morgan fingerprint density at radius 1 is 0.970 bits per heavy atom. The Bertz CT molecular complexity index is 1100. The first-order chi connectivity index (χ1) is 15.9. The van der Waals surface area contributed by atoms with Gasteiger partial charge in [0.15, 0.2) is 5.82 Å². The van der Waals surface area contributed by atoms with E-state index in [-0.39, 0.29) is 16.9 Å². The molecule has 0 amide bonds. The third-order valence-electron chi connectivity index (χ3n) is 6.55. The number of anilines is 1. The minimum atomic E-state index is -0.534. The van der Waals surface area contributed by atoms with Crippen LogP contribution in [-0.4, -0.2) is 45.5 Å². The molecule has 0 aliphatic heterocycles. The zero-order valence-electron chi connectivity index (χ0n) is 19.5. The normalized spacial score (nSPS) is 20.8. The molecule has 1 unspecified atom stereocenters. The number of halogens is 1. The van der Waals surface area contributed by atoms with Crippen molar-refractivity contribution >= 4 is 5.82 Å². The summed E-state index contributed by atoms with van der Waals surface area (Å²) in [6, 6.07) is 8.15. The summed E-state index contributed by atoms with van der Waals surface area (Å²) in [5.74, 6) is 1.81. The summed E-state index contributed by atoms with van der Waals surface area (Å²) in [4.78, 5) is 10.2. The molecule has 33 heavy (non-hydrogen) atoms. The number of phenols is 1. The molecule has 2 heterocycles. The fourth-order valence-electron chi connectivity index (χ4n) is 4.55. The predicted octanol–water partition coefficient (Wildman–Crippen LogP) is 5.10. The molecule has 0 saturated heterocycles. The lowest BCUT2D eigenvalue weighted by atomic mass is 9.98. The molecule has 8 heteroatoms. The fourth-order valence-corrected chi connectivity index (χ4v) is 4.55. The summed E-state index contributed by atoms with van der Waals surface area (Å²) >= 11 is 0. The first-order valence-corrected chi connectivity index (χ1v) is 11.3.